The normalized spacial score (nSPS) is 23.1. The molecule has 0 spiro atoms. The smallest absolute Gasteiger partial charge is 0.245 e. The Hall–Kier alpha value is -1.88. The van der Waals surface area contributed by atoms with E-state index in [1.165, 1.54) is 5.56 Å². The molecule has 0 aliphatic carbocycles. The minimum atomic E-state index is 0.198. The molecule has 0 amide bonds. The van der Waals surface area contributed by atoms with Crippen LogP contribution in [0.5, 0.6) is 0 Å². The van der Waals surface area contributed by atoms with Crippen molar-refractivity contribution >= 4 is 5.95 Å². The van der Waals surface area contributed by atoms with Crippen LogP contribution in [0.4, 0.5) is 5.95 Å². The standard InChI is InChI=1S/C15H21N5/c1-10-6-3-4-7-12(10)14-17-15(19-18-14)20-9-5-8-13(16)11(20)2/h3-4,6-7,11,13H,5,8-9,16H2,1-2H3,(H,17,18,19). The van der Waals surface area contributed by atoms with E-state index in [0.717, 1.165) is 36.7 Å². The van der Waals surface area contributed by atoms with Crippen LogP contribution in [0.2, 0.25) is 0 Å². The fourth-order valence-corrected chi connectivity index (χ4v) is 2.80. The van der Waals surface area contributed by atoms with Gasteiger partial charge in [0.2, 0.25) is 5.95 Å². The number of rotatable bonds is 2. The topological polar surface area (TPSA) is 70.8 Å². The summed E-state index contributed by atoms with van der Waals surface area (Å²) >= 11 is 0. The zero-order valence-electron chi connectivity index (χ0n) is 12.0. The predicted octanol–water partition coefficient (Wildman–Crippen LogP) is 2.10. The Morgan fingerprint density at radius 3 is 2.95 bits per heavy atom. The number of aryl methyl sites for hydroxylation is 1. The number of hydrogen-bond donors (Lipinski definition) is 2. The molecule has 1 aliphatic heterocycles. The van der Waals surface area contributed by atoms with Gasteiger partial charge in [0.1, 0.15) is 0 Å². The van der Waals surface area contributed by atoms with E-state index in [1.807, 2.05) is 12.1 Å². The minimum absolute atomic E-state index is 0.198. The Morgan fingerprint density at radius 1 is 1.35 bits per heavy atom. The highest BCUT2D eigenvalue weighted by atomic mass is 15.4. The lowest BCUT2D eigenvalue weighted by molar-refractivity contribution is 0.416. The number of aromatic amines is 1. The van der Waals surface area contributed by atoms with Gasteiger partial charge in [-0.05, 0) is 32.3 Å². The largest absolute Gasteiger partial charge is 0.335 e. The van der Waals surface area contributed by atoms with Crippen molar-refractivity contribution in [2.75, 3.05) is 11.4 Å². The maximum Gasteiger partial charge on any atom is 0.245 e. The molecule has 1 aromatic carbocycles. The van der Waals surface area contributed by atoms with Gasteiger partial charge in [-0.3, -0.25) is 5.10 Å². The van der Waals surface area contributed by atoms with Gasteiger partial charge in [0.15, 0.2) is 5.82 Å². The fourth-order valence-electron chi connectivity index (χ4n) is 2.80. The first kappa shape index (κ1) is 13.1. The molecule has 1 aliphatic rings. The Bertz CT molecular complexity index is 591. The van der Waals surface area contributed by atoms with Gasteiger partial charge in [-0.1, -0.05) is 24.3 Å². The number of hydrogen-bond acceptors (Lipinski definition) is 4. The summed E-state index contributed by atoms with van der Waals surface area (Å²) in [6, 6.07) is 8.67. The highest BCUT2D eigenvalue weighted by Gasteiger charge is 2.27. The molecule has 106 valence electrons. The molecule has 5 heteroatoms. The third-order valence-corrected chi connectivity index (χ3v) is 4.18. The molecule has 3 rings (SSSR count). The van der Waals surface area contributed by atoms with Crippen LogP contribution in [-0.2, 0) is 0 Å². The molecule has 0 radical (unpaired) electrons. The summed E-state index contributed by atoms with van der Waals surface area (Å²) in [6.45, 7) is 5.20. The first-order valence-electron chi connectivity index (χ1n) is 7.17. The third-order valence-electron chi connectivity index (χ3n) is 4.18. The molecule has 1 aromatic heterocycles. The average molecular weight is 271 g/mol. The van der Waals surface area contributed by atoms with Crippen molar-refractivity contribution in [1.29, 1.82) is 0 Å². The van der Waals surface area contributed by atoms with Crippen LogP contribution in [0.25, 0.3) is 11.4 Å². The summed E-state index contributed by atoms with van der Waals surface area (Å²) in [5, 5.41) is 7.43. The van der Waals surface area contributed by atoms with E-state index >= 15 is 0 Å². The summed E-state index contributed by atoms with van der Waals surface area (Å²) in [7, 11) is 0. The maximum absolute atomic E-state index is 6.14. The van der Waals surface area contributed by atoms with Crippen molar-refractivity contribution in [2.24, 2.45) is 5.73 Å². The van der Waals surface area contributed by atoms with Crippen LogP contribution in [0.15, 0.2) is 24.3 Å². The summed E-state index contributed by atoms with van der Waals surface area (Å²) in [6.07, 6.45) is 2.17. The number of anilines is 1. The number of nitrogens with one attached hydrogen (secondary N) is 1. The van der Waals surface area contributed by atoms with Gasteiger partial charge in [-0.15, -0.1) is 5.10 Å². The highest BCUT2D eigenvalue weighted by Crippen LogP contribution is 2.24. The SMILES string of the molecule is Cc1ccccc1-c1nc(N2CCCC(N)C2C)n[nH]1. The molecule has 3 N–H and O–H groups in total. The molecule has 1 fully saturated rings. The van der Waals surface area contributed by atoms with Gasteiger partial charge in [-0.25, -0.2) is 0 Å². The van der Waals surface area contributed by atoms with Crippen LogP contribution in [-0.4, -0.2) is 33.8 Å². The molecular weight excluding hydrogens is 250 g/mol. The molecule has 20 heavy (non-hydrogen) atoms. The zero-order chi connectivity index (χ0) is 14.1. The number of nitrogens with two attached hydrogens (primary N) is 1. The summed E-state index contributed by atoms with van der Waals surface area (Å²) in [5.74, 6) is 1.58. The first-order valence-corrected chi connectivity index (χ1v) is 7.17. The monoisotopic (exact) mass is 271 g/mol. The van der Waals surface area contributed by atoms with E-state index in [9.17, 15) is 0 Å². The van der Waals surface area contributed by atoms with Crippen molar-refractivity contribution in [3.05, 3.63) is 29.8 Å². The van der Waals surface area contributed by atoms with Crippen LogP contribution >= 0.6 is 0 Å². The number of aromatic nitrogens is 3. The minimum Gasteiger partial charge on any atom is -0.335 e. The van der Waals surface area contributed by atoms with Gasteiger partial charge in [-0.2, -0.15) is 4.98 Å². The van der Waals surface area contributed by atoms with Gasteiger partial charge in [0.05, 0.1) is 0 Å². The van der Waals surface area contributed by atoms with E-state index in [1.54, 1.807) is 0 Å². The Labute approximate surface area is 119 Å². The summed E-state index contributed by atoms with van der Waals surface area (Å²) in [4.78, 5) is 6.85. The lowest BCUT2D eigenvalue weighted by atomic mass is 9.99. The molecule has 2 unspecified atom stereocenters. The molecule has 0 saturated carbocycles. The Balaban J connectivity index is 1.89. The Morgan fingerprint density at radius 2 is 2.15 bits per heavy atom. The quantitative estimate of drug-likeness (QED) is 0.877. The fraction of sp³-hybridized carbons (Fsp3) is 0.467. The van der Waals surface area contributed by atoms with Crippen LogP contribution in [0.1, 0.15) is 25.3 Å². The van der Waals surface area contributed by atoms with Crippen LogP contribution < -0.4 is 10.6 Å². The Kier molecular flexibility index (Phi) is 3.44. The molecule has 5 nitrogen and oxygen atoms in total. The van der Waals surface area contributed by atoms with Crippen LogP contribution in [0, 0.1) is 6.92 Å². The predicted molar refractivity (Wildman–Crippen MR) is 80.6 cm³/mol. The molecule has 2 heterocycles. The lowest BCUT2D eigenvalue weighted by Crippen LogP contribution is -2.50. The lowest BCUT2D eigenvalue weighted by Gasteiger charge is -2.36. The van der Waals surface area contributed by atoms with E-state index < -0.39 is 0 Å². The highest BCUT2D eigenvalue weighted by molar-refractivity contribution is 5.60. The third kappa shape index (κ3) is 2.29. The number of piperidine rings is 1. The zero-order valence-corrected chi connectivity index (χ0v) is 12.0. The van der Waals surface area contributed by atoms with E-state index in [4.69, 9.17) is 5.73 Å². The molecule has 1 saturated heterocycles. The number of benzene rings is 1. The van der Waals surface area contributed by atoms with E-state index in [-0.39, 0.29) is 12.1 Å². The van der Waals surface area contributed by atoms with Gasteiger partial charge in [0, 0.05) is 24.2 Å². The van der Waals surface area contributed by atoms with Crippen molar-refractivity contribution in [1.82, 2.24) is 15.2 Å². The maximum atomic E-state index is 6.14. The van der Waals surface area contributed by atoms with Crippen molar-refractivity contribution < 1.29 is 0 Å². The number of H-pyrrole nitrogens is 1. The van der Waals surface area contributed by atoms with Crippen molar-refractivity contribution in [3.8, 4) is 11.4 Å². The van der Waals surface area contributed by atoms with E-state index in [2.05, 4.69) is 46.1 Å². The molecule has 0 bridgehead atoms. The van der Waals surface area contributed by atoms with Gasteiger partial charge < -0.3 is 10.6 Å². The summed E-state index contributed by atoms with van der Waals surface area (Å²) in [5.41, 5.74) is 8.43. The second-order valence-corrected chi connectivity index (χ2v) is 5.54. The second-order valence-electron chi connectivity index (χ2n) is 5.54. The molecule has 2 aromatic rings. The molecule has 2 atom stereocenters. The summed E-state index contributed by atoms with van der Waals surface area (Å²) < 4.78 is 0. The molecular formula is C15H21N5. The second kappa shape index (κ2) is 5.25. The number of nitrogens with zero attached hydrogens (tertiary/aromatic N) is 3. The van der Waals surface area contributed by atoms with Crippen LogP contribution in [0.3, 0.4) is 0 Å². The van der Waals surface area contributed by atoms with Gasteiger partial charge in [0.25, 0.3) is 0 Å². The van der Waals surface area contributed by atoms with Crippen molar-refractivity contribution in [2.45, 2.75) is 38.8 Å². The van der Waals surface area contributed by atoms with Crippen molar-refractivity contribution in [3.63, 3.8) is 0 Å². The first-order chi connectivity index (χ1) is 9.66. The van der Waals surface area contributed by atoms with Gasteiger partial charge >= 0.3 is 0 Å². The average Bonchev–Trinajstić information content (AvgIpc) is 2.92. The van der Waals surface area contributed by atoms with E-state index in [0.29, 0.717) is 0 Å².